The van der Waals surface area contributed by atoms with Crippen LogP contribution in [0.1, 0.15) is 10.4 Å². The highest BCUT2D eigenvalue weighted by molar-refractivity contribution is 5.91. The molecule has 0 saturated heterocycles. The first kappa shape index (κ1) is 9.26. The first-order chi connectivity index (χ1) is 7.08. The van der Waals surface area contributed by atoms with E-state index in [-0.39, 0.29) is 11.3 Å². The standard InChI is InChI=1S/C10H5O5/c11-6-2-1-5-3-7(9(12)13)10(14)15-8(5)4-6/h1-4H,(H,12,13). The summed E-state index contributed by atoms with van der Waals surface area (Å²) in [6.07, 6.45) is 0. The summed E-state index contributed by atoms with van der Waals surface area (Å²) in [5, 5.41) is 20.0. The fraction of sp³-hybridized carbons (Fsp3) is 0. The molecule has 0 amide bonds. The molecule has 0 aliphatic rings. The van der Waals surface area contributed by atoms with Gasteiger partial charge in [0.15, 0.2) is 5.75 Å². The first-order valence-corrected chi connectivity index (χ1v) is 4.06. The average molecular weight is 205 g/mol. The summed E-state index contributed by atoms with van der Waals surface area (Å²) in [6.45, 7) is 0. The maximum Gasteiger partial charge on any atom is 0.351 e. The molecule has 1 heterocycles. The van der Waals surface area contributed by atoms with Crippen LogP contribution in [0, 0.1) is 0 Å². The summed E-state index contributed by atoms with van der Waals surface area (Å²) in [6, 6.07) is 5.01. The van der Waals surface area contributed by atoms with E-state index >= 15 is 0 Å². The van der Waals surface area contributed by atoms with Crippen LogP contribution in [-0.2, 0) is 5.11 Å². The minimum Gasteiger partial charge on any atom is -0.477 e. The van der Waals surface area contributed by atoms with Crippen molar-refractivity contribution >= 4 is 16.9 Å². The number of hydrogen-bond donors (Lipinski definition) is 1. The minimum atomic E-state index is -1.35. The Morgan fingerprint density at radius 2 is 2.00 bits per heavy atom. The van der Waals surface area contributed by atoms with Gasteiger partial charge in [-0.3, -0.25) is 5.11 Å². The molecule has 0 unspecified atom stereocenters. The van der Waals surface area contributed by atoms with Crippen LogP contribution in [0.25, 0.3) is 11.0 Å². The SMILES string of the molecule is [O]c1ccc2cc(C(=O)O)c(=O)oc2c1. The van der Waals surface area contributed by atoms with Gasteiger partial charge in [-0.05, 0) is 18.2 Å². The smallest absolute Gasteiger partial charge is 0.351 e. The Morgan fingerprint density at radius 1 is 1.27 bits per heavy atom. The summed E-state index contributed by atoms with van der Waals surface area (Å²) >= 11 is 0. The van der Waals surface area contributed by atoms with Gasteiger partial charge in [-0.1, -0.05) is 0 Å². The van der Waals surface area contributed by atoms with E-state index in [1.807, 2.05) is 0 Å². The van der Waals surface area contributed by atoms with Crippen LogP contribution in [0.2, 0.25) is 0 Å². The van der Waals surface area contributed by atoms with E-state index in [0.29, 0.717) is 5.39 Å². The number of benzene rings is 1. The summed E-state index contributed by atoms with van der Waals surface area (Å²) in [5.74, 6) is -1.65. The lowest BCUT2D eigenvalue weighted by Gasteiger charge is -1.97. The Labute approximate surface area is 83.2 Å². The topological polar surface area (TPSA) is 87.4 Å². The van der Waals surface area contributed by atoms with E-state index in [9.17, 15) is 14.7 Å². The molecule has 2 rings (SSSR count). The van der Waals surface area contributed by atoms with Crippen molar-refractivity contribution in [3.8, 4) is 5.75 Å². The van der Waals surface area contributed by atoms with Crippen LogP contribution in [0.5, 0.6) is 5.75 Å². The van der Waals surface area contributed by atoms with Gasteiger partial charge >= 0.3 is 11.6 Å². The van der Waals surface area contributed by atoms with Crippen LogP contribution in [0.15, 0.2) is 33.5 Å². The average Bonchev–Trinajstić information content (AvgIpc) is 2.15. The molecule has 0 aliphatic heterocycles. The largest absolute Gasteiger partial charge is 0.477 e. The summed E-state index contributed by atoms with van der Waals surface area (Å²) in [7, 11) is 0. The lowest BCUT2D eigenvalue weighted by molar-refractivity contribution is 0.0692. The molecule has 0 aliphatic carbocycles. The van der Waals surface area contributed by atoms with E-state index in [2.05, 4.69) is 0 Å². The van der Waals surface area contributed by atoms with E-state index < -0.39 is 17.2 Å². The third-order valence-electron chi connectivity index (χ3n) is 1.94. The molecule has 0 fully saturated rings. The predicted molar refractivity (Wildman–Crippen MR) is 49.6 cm³/mol. The zero-order valence-electron chi connectivity index (χ0n) is 7.39. The summed E-state index contributed by atoms with van der Waals surface area (Å²) in [4.78, 5) is 21.7. The number of carbonyl (C=O) groups is 1. The van der Waals surface area contributed by atoms with Gasteiger partial charge in [-0.25, -0.2) is 9.59 Å². The van der Waals surface area contributed by atoms with E-state index in [1.165, 1.54) is 18.2 Å². The van der Waals surface area contributed by atoms with Crippen molar-refractivity contribution in [1.29, 1.82) is 0 Å². The Balaban J connectivity index is 2.82. The predicted octanol–water partition coefficient (Wildman–Crippen LogP) is 1.63. The fourth-order valence-electron chi connectivity index (χ4n) is 1.24. The highest BCUT2D eigenvalue weighted by Crippen LogP contribution is 2.19. The molecule has 15 heavy (non-hydrogen) atoms. The van der Waals surface area contributed by atoms with Gasteiger partial charge in [0.05, 0.1) is 0 Å². The molecule has 2 aromatic rings. The van der Waals surface area contributed by atoms with E-state index in [0.717, 1.165) is 6.07 Å². The summed E-state index contributed by atoms with van der Waals surface area (Å²) in [5.41, 5.74) is -1.31. The molecule has 5 nitrogen and oxygen atoms in total. The molecule has 0 atom stereocenters. The Bertz CT molecular complexity index is 596. The molecule has 75 valence electrons. The third-order valence-corrected chi connectivity index (χ3v) is 1.94. The van der Waals surface area contributed by atoms with Gasteiger partial charge in [0.2, 0.25) is 0 Å². The minimum absolute atomic E-state index is 0.0949. The Morgan fingerprint density at radius 3 is 2.67 bits per heavy atom. The van der Waals surface area contributed by atoms with Crippen molar-refractivity contribution < 1.29 is 19.4 Å². The quantitative estimate of drug-likeness (QED) is 0.716. The normalized spacial score (nSPS) is 10.4. The fourth-order valence-corrected chi connectivity index (χ4v) is 1.24. The zero-order chi connectivity index (χ0) is 11.0. The Hall–Kier alpha value is -2.30. The highest BCUT2D eigenvalue weighted by atomic mass is 16.4. The van der Waals surface area contributed by atoms with Crippen LogP contribution in [0.3, 0.4) is 0 Å². The maximum atomic E-state index is 11.1. The lowest BCUT2D eigenvalue weighted by atomic mass is 10.2. The van der Waals surface area contributed by atoms with Gasteiger partial charge in [-0.15, -0.1) is 0 Å². The monoisotopic (exact) mass is 205 g/mol. The molecule has 0 spiro atoms. The molecule has 1 aromatic heterocycles. The highest BCUT2D eigenvalue weighted by Gasteiger charge is 2.12. The van der Waals surface area contributed by atoms with Crippen molar-refractivity contribution in [2.24, 2.45) is 0 Å². The van der Waals surface area contributed by atoms with Gasteiger partial charge in [0.1, 0.15) is 11.1 Å². The molecule has 1 N–H and O–H groups in total. The maximum absolute atomic E-state index is 11.1. The molecular weight excluding hydrogens is 200 g/mol. The van der Waals surface area contributed by atoms with Crippen molar-refractivity contribution in [3.63, 3.8) is 0 Å². The van der Waals surface area contributed by atoms with Gasteiger partial charge in [0.25, 0.3) is 0 Å². The van der Waals surface area contributed by atoms with Crippen LogP contribution in [-0.4, -0.2) is 11.1 Å². The van der Waals surface area contributed by atoms with Gasteiger partial charge in [-0.2, -0.15) is 0 Å². The number of rotatable bonds is 1. The van der Waals surface area contributed by atoms with E-state index in [4.69, 9.17) is 9.52 Å². The van der Waals surface area contributed by atoms with Crippen molar-refractivity contribution in [3.05, 3.63) is 40.2 Å². The molecule has 1 aromatic carbocycles. The molecule has 0 bridgehead atoms. The van der Waals surface area contributed by atoms with Crippen molar-refractivity contribution in [2.75, 3.05) is 0 Å². The van der Waals surface area contributed by atoms with Crippen molar-refractivity contribution in [2.45, 2.75) is 0 Å². The van der Waals surface area contributed by atoms with Crippen molar-refractivity contribution in [1.82, 2.24) is 0 Å². The zero-order valence-corrected chi connectivity index (χ0v) is 7.39. The number of carboxylic acids is 1. The Kier molecular flexibility index (Phi) is 1.93. The lowest BCUT2D eigenvalue weighted by Crippen LogP contribution is -2.12. The number of carboxylic acid groups (broad SMARTS) is 1. The first-order valence-electron chi connectivity index (χ1n) is 4.06. The number of fused-ring (bicyclic) bond motifs is 1. The number of aromatic carboxylic acids is 1. The molecule has 0 saturated carbocycles. The van der Waals surface area contributed by atoms with Gasteiger partial charge in [0, 0.05) is 11.5 Å². The molecule has 5 heteroatoms. The summed E-state index contributed by atoms with van der Waals surface area (Å²) < 4.78 is 4.70. The van der Waals surface area contributed by atoms with E-state index in [1.54, 1.807) is 0 Å². The second-order valence-electron chi connectivity index (χ2n) is 2.95. The second-order valence-corrected chi connectivity index (χ2v) is 2.95. The van der Waals surface area contributed by atoms with Gasteiger partial charge < -0.3 is 9.52 Å². The molecule has 1 radical (unpaired) electrons. The number of hydrogen-bond acceptors (Lipinski definition) is 3. The van der Waals surface area contributed by atoms with Crippen LogP contribution in [0.4, 0.5) is 0 Å². The van der Waals surface area contributed by atoms with Crippen LogP contribution < -0.4 is 5.63 Å². The third kappa shape index (κ3) is 1.54. The molecular formula is C10H5O5. The second kappa shape index (κ2) is 3.13. The van der Waals surface area contributed by atoms with Crippen LogP contribution >= 0.6 is 0 Å².